The summed E-state index contributed by atoms with van der Waals surface area (Å²) in [6, 6.07) is -1.55. The molecule has 0 aromatic heterocycles. The van der Waals surface area contributed by atoms with Gasteiger partial charge in [0.2, 0.25) is 0 Å². The fourth-order valence-electron chi connectivity index (χ4n) is 2.35. The Kier molecular flexibility index (Phi) is 4.87. The zero-order valence-corrected chi connectivity index (χ0v) is 15.7. The second-order valence-corrected chi connectivity index (χ2v) is 26.0. The van der Waals surface area contributed by atoms with Crippen LogP contribution in [0, 0.1) is 5.92 Å². The monoisotopic (exact) mass is 482 g/mol. The van der Waals surface area contributed by atoms with Gasteiger partial charge >= 0.3 is 121 Å². The number of rotatable bonds is 5. The molecule has 0 amide bonds. The molecule has 0 spiro atoms. The molecule has 0 aliphatic carbocycles. The Balaban J connectivity index is 3.44. The van der Waals surface area contributed by atoms with Gasteiger partial charge in [-0.2, -0.15) is 0 Å². The van der Waals surface area contributed by atoms with Crippen LogP contribution in [-0.2, 0) is 19.1 Å². The number of azo groups is 1. The second kappa shape index (κ2) is 5.74. The van der Waals surface area contributed by atoms with Gasteiger partial charge in [0.05, 0.1) is 0 Å². The Labute approximate surface area is 120 Å². The average Bonchev–Trinajstić information content (AvgIpc) is 2.69. The first-order valence-electron chi connectivity index (χ1n) is 6.14. The van der Waals surface area contributed by atoms with Crippen molar-refractivity contribution in [3.8, 4) is 0 Å². The molecule has 0 aromatic rings. The number of carboxylic acids is 2. The van der Waals surface area contributed by atoms with E-state index in [1.807, 2.05) is 13.4 Å². The number of hydrogen-bond donors (Lipinski definition) is 2. The Morgan fingerprint density at radius 1 is 1.20 bits per heavy atom. The summed E-state index contributed by atoms with van der Waals surface area (Å²) >= 11 is -3.53. The first-order chi connectivity index (χ1) is 9.09. The molecule has 0 aromatic carbocycles. The summed E-state index contributed by atoms with van der Waals surface area (Å²) in [7, 11) is 0. The van der Waals surface area contributed by atoms with Crippen LogP contribution in [-0.4, -0.2) is 65.0 Å². The van der Waals surface area contributed by atoms with Crippen LogP contribution in [0.5, 0.6) is 0 Å². The van der Waals surface area contributed by atoms with Crippen LogP contribution in [0.4, 0.5) is 0 Å². The zero-order valence-electron chi connectivity index (χ0n) is 11.8. The third-order valence-corrected chi connectivity index (χ3v) is 14.6. The Morgan fingerprint density at radius 2 is 1.75 bits per heavy atom. The number of carbonyl (C=O) groups is 3. The topological polar surface area (TPSA) is 126 Å². The predicted octanol–water partition coefficient (Wildman–Crippen LogP) is 0.785. The zero-order chi connectivity index (χ0) is 15.7. The summed E-state index contributed by atoms with van der Waals surface area (Å²) in [4.78, 5) is 35.0. The van der Waals surface area contributed by atoms with Crippen molar-refractivity contribution in [2.75, 3.05) is 6.61 Å². The number of nitrogens with zero attached hydrogens (tertiary/aromatic N) is 2. The molecule has 8 nitrogen and oxygen atoms in total. The molecule has 0 radical (unpaired) electrons. The minimum atomic E-state index is -3.53. The second-order valence-electron chi connectivity index (χ2n) is 5.55. The number of hydrogen-bond acceptors (Lipinski definition) is 6. The SMILES string of the molecule is CCOC(=O)[C]1([Pb]([CH3])([CH3])[CH3])N=NC(C(=O)O)C1C(=O)O. The number of esters is 1. The standard InChI is InChI=1S/C8H9N2O6.3CH3.Pb/c1-2-16-8(15)5-3(6(11)12)4(7(13)14)9-10-5;;;;/h3-4H,2H2,1H3,(H,11,12)(H,13,14);3*1H3;. The van der Waals surface area contributed by atoms with Gasteiger partial charge in [-0.1, -0.05) is 0 Å². The molecule has 0 saturated carbocycles. The van der Waals surface area contributed by atoms with Gasteiger partial charge in [-0.3, -0.25) is 0 Å². The summed E-state index contributed by atoms with van der Waals surface area (Å²) in [6.45, 7) is 1.67. The Morgan fingerprint density at radius 3 is 2.10 bits per heavy atom. The van der Waals surface area contributed by atoms with Gasteiger partial charge in [0.15, 0.2) is 0 Å². The molecular weight excluding hydrogens is 463 g/mol. The first-order valence-corrected chi connectivity index (χ1v) is 19.7. The van der Waals surface area contributed by atoms with Crippen molar-refractivity contribution in [3.05, 3.63) is 0 Å². The molecule has 20 heavy (non-hydrogen) atoms. The van der Waals surface area contributed by atoms with E-state index in [9.17, 15) is 19.5 Å². The summed E-state index contributed by atoms with van der Waals surface area (Å²) in [5, 5.41) is 25.9. The van der Waals surface area contributed by atoms with E-state index >= 15 is 0 Å². The van der Waals surface area contributed by atoms with E-state index in [0.717, 1.165) is 0 Å². The van der Waals surface area contributed by atoms with Crippen LogP contribution in [0.15, 0.2) is 10.2 Å². The van der Waals surface area contributed by atoms with Gasteiger partial charge in [0.25, 0.3) is 0 Å². The fraction of sp³-hybridized carbons (Fsp3) is 0.727. The number of carboxylic acid groups (broad SMARTS) is 2. The van der Waals surface area contributed by atoms with Crippen molar-refractivity contribution in [2.24, 2.45) is 16.1 Å². The van der Waals surface area contributed by atoms with E-state index in [1.165, 1.54) is 0 Å². The van der Waals surface area contributed by atoms with E-state index < -0.39 is 54.1 Å². The van der Waals surface area contributed by atoms with Crippen molar-refractivity contribution in [1.82, 2.24) is 0 Å². The van der Waals surface area contributed by atoms with Gasteiger partial charge in [-0.15, -0.1) is 0 Å². The quantitative estimate of drug-likeness (QED) is 0.442. The van der Waals surface area contributed by atoms with E-state index in [-0.39, 0.29) is 6.61 Å². The van der Waals surface area contributed by atoms with Crippen LogP contribution in [0.2, 0.25) is 13.4 Å². The minimum absolute atomic E-state index is 0.0735. The van der Waals surface area contributed by atoms with E-state index in [0.29, 0.717) is 0 Å². The van der Waals surface area contributed by atoms with Crippen molar-refractivity contribution >= 4 is 39.1 Å². The molecule has 0 saturated heterocycles. The van der Waals surface area contributed by atoms with Crippen molar-refractivity contribution in [3.63, 3.8) is 0 Å². The van der Waals surface area contributed by atoms with Crippen LogP contribution < -0.4 is 0 Å². The summed E-state index contributed by atoms with van der Waals surface area (Å²) < 4.78 is 8.81. The third-order valence-electron chi connectivity index (χ3n) is 3.35. The number of aliphatic carboxylic acids is 2. The molecule has 1 heterocycles. The van der Waals surface area contributed by atoms with Crippen LogP contribution >= 0.6 is 0 Å². The first kappa shape index (κ1) is 17.0. The maximum absolute atomic E-state index is 12.3. The van der Waals surface area contributed by atoms with Gasteiger partial charge in [-0.25, -0.2) is 0 Å². The van der Waals surface area contributed by atoms with E-state index in [4.69, 9.17) is 9.84 Å². The van der Waals surface area contributed by atoms with Gasteiger partial charge in [0, 0.05) is 0 Å². The normalized spacial score (nSPS) is 29.2. The number of carbonyl (C=O) groups excluding carboxylic acids is 1. The summed E-state index contributed by atoms with van der Waals surface area (Å²) in [5.41, 5.74) is 0. The Bertz CT molecular complexity index is 472. The van der Waals surface area contributed by atoms with E-state index in [2.05, 4.69) is 10.2 Å². The average molecular weight is 481 g/mol. The molecule has 3 atom stereocenters. The summed E-state index contributed by atoms with van der Waals surface area (Å²) in [5.74, 6) is -5.05. The molecule has 3 unspecified atom stereocenters. The molecule has 112 valence electrons. The van der Waals surface area contributed by atoms with Crippen LogP contribution in [0.3, 0.4) is 0 Å². The molecule has 0 fully saturated rings. The fourth-order valence-corrected chi connectivity index (χ4v) is 11.1. The van der Waals surface area contributed by atoms with E-state index in [1.54, 1.807) is 6.92 Å². The van der Waals surface area contributed by atoms with Crippen LogP contribution in [0.1, 0.15) is 6.92 Å². The molecule has 0 bridgehead atoms. The van der Waals surface area contributed by atoms with Gasteiger partial charge in [-0.05, 0) is 0 Å². The van der Waals surface area contributed by atoms with Crippen molar-refractivity contribution in [1.29, 1.82) is 0 Å². The van der Waals surface area contributed by atoms with Crippen LogP contribution in [0.25, 0.3) is 0 Å². The molecule has 1 aliphatic rings. The number of ether oxygens (including phenoxy) is 1. The molecule has 1 rings (SSSR count). The molecular formula is C11H18N2O6Pb. The van der Waals surface area contributed by atoms with Gasteiger partial charge < -0.3 is 0 Å². The molecule has 1 aliphatic heterocycles. The molecule has 9 heteroatoms. The summed E-state index contributed by atoms with van der Waals surface area (Å²) in [6.07, 6.45) is 0. The maximum atomic E-state index is 12.3. The third kappa shape index (κ3) is 2.57. The van der Waals surface area contributed by atoms with Crippen molar-refractivity contribution < 1.29 is 29.3 Å². The van der Waals surface area contributed by atoms with Gasteiger partial charge in [0.1, 0.15) is 0 Å². The Hall–Kier alpha value is -1.07. The van der Waals surface area contributed by atoms with Crippen molar-refractivity contribution in [2.45, 2.75) is 29.5 Å². The predicted molar refractivity (Wildman–Crippen MR) is 70.1 cm³/mol. The molecule has 2 N–H and O–H groups in total.